The highest BCUT2D eigenvalue weighted by Gasteiger charge is 2.03. The van der Waals surface area contributed by atoms with Crippen LogP contribution in [0.4, 0.5) is 0 Å². The van der Waals surface area contributed by atoms with Gasteiger partial charge >= 0.3 is 0 Å². The number of hydrogen-bond donors (Lipinski definition) is 0. The van der Waals surface area contributed by atoms with Gasteiger partial charge in [0.25, 0.3) is 0 Å². The van der Waals surface area contributed by atoms with Crippen molar-refractivity contribution >= 4 is 10.8 Å². The van der Waals surface area contributed by atoms with E-state index in [1.54, 1.807) is 12.1 Å². The monoisotopic (exact) mass is 166 g/mol. The molecule has 4 heteroatoms. The molecule has 0 aliphatic heterocycles. The van der Waals surface area contributed by atoms with Gasteiger partial charge in [0.05, 0.1) is 15.7 Å². The molecule has 0 radical (unpaired) electrons. The van der Waals surface area contributed by atoms with Crippen molar-refractivity contribution in [1.29, 1.82) is 5.26 Å². The molecule has 0 aliphatic carbocycles. The number of pyridine rings is 1. The number of aromatic nitrogens is 1. The molecule has 3 nitrogen and oxygen atoms in total. The van der Waals surface area contributed by atoms with E-state index in [-0.39, 0.29) is 5.69 Å². The smallest absolute Gasteiger partial charge is 0.156 e. The molecule has 0 aliphatic rings. The fourth-order valence-corrected chi connectivity index (χ4v) is 1.35. The molecule has 0 saturated carbocycles. The lowest BCUT2D eigenvalue weighted by Crippen LogP contribution is -1.93. The summed E-state index contributed by atoms with van der Waals surface area (Å²) in [6.45, 7) is 0. The summed E-state index contributed by atoms with van der Waals surface area (Å²) >= 11 is 0. The van der Waals surface area contributed by atoms with E-state index in [9.17, 15) is 4.21 Å². The highest BCUT2D eigenvalue weighted by molar-refractivity contribution is 7.84. The van der Waals surface area contributed by atoms with E-state index in [4.69, 9.17) is 5.26 Å². The van der Waals surface area contributed by atoms with Gasteiger partial charge in [-0.3, -0.25) is 4.21 Å². The van der Waals surface area contributed by atoms with Gasteiger partial charge in [-0.2, -0.15) is 5.26 Å². The first-order valence-electron chi connectivity index (χ1n) is 2.94. The van der Waals surface area contributed by atoms with E-state index in [2.05, 4.69) is 4.98 Å². The molecule has 1 aromatic heterocycles. The van der Waals surface area contributed by atoms with Gasteiger partial charge in [-0.1, -0.05) is 0 Å². The molecule has 0 spiro atoms. The minimum atomic E-state index is -1.13. The summed E-state index contributed by atoms with van der Waals surface area (Å²) in [6, 6.07) is 5.18. The zero-order valence-corrected chi connectivity index (χ0v) is 6.76. The molecular weight excluding hydrogens is 160 g/mol. The topological polar surface area (TPSA) is 53.8 Å². The van der Waals surface area contributed by atoms with Crippen LogP contribution in [-0.2, 0) is 10.8 Å². The molecule has 1 heterocycles. The third-order valence-corrected chi connectivity index (χ3v) is 2.14. The summed E-state index contributed by atoms with van der Waals surface area (Å²) in [7, 11) is -1.13. The predicted octanol–water partition coefficient (Wildman–Crippen LogP) is 0.691. The Kier molecular flexibility index (Phi) is 2.34. The first-order valence-corrected chi connectivity index (χ1v) is 4.50. The lowest BCUT2D eigenvalue weighted by molar-refractivity contribution is 0.686. The second-order valence-electron chi connectivity index (χ2n) is 1.92. The molecule has 0 amide bonds. The van der Waals surface area contributed by atoms with E-state index in [1.807, 2.05) is 6.07 Å². The Morgan fingerprint density at radius 2 is 2.45 bits per heavy atom. The highest BCUT2D eigenvalue weighted by Crippen LogP contribution is 2.07. The summed E-state index contributed by atoms with van der Waals surface area (Å²) in [5.41, 5.74) is 0.244. The normalized spacial score (nSPS) is 12.0. The van der Waals surface area contributed by atoms with E-state index < -0.39 is 10.8 Å². The Labute approximate surface area is 67.1 Å². The predicted molar refractivity (Wildman–Crippen MR) is 41.3 cm³/mol. The van der Waals surface area contributed by atoms with Gasteiger partial charge in [-0.05, 0) is 12.1 Å². The number of rotatable bonds is 1. The van der Waals surface area contributed by atoms with Crippen LogP contribution in [0.25, 0.3) is 0 Å². The SMILES string of the molecule is C[S@@](=O)c1cccnc1C#N. The molecule has 0 N–H and O–H groups in total. The number of nitrogens with zero attached hydrogens (tertiary/aromatic N) is 2. The third kappa shape index (κ3) is 1.63. The van der Waals surface area contributed by atoms with Gasteiger partial charge in [0, 0.05) is 12.5 Å². The highest BCUT2D eigenvalue weighted by atomic mass is 32.2. The van der Waals surface area contributed by atoms with Crippen LogP contribution < -0.4 is 0 Å². The number of hydrogen-bond acceptors (Lipinski definition) is 3. The fraction of sp³-hybridized carbons (Fsp3) is 0.143. The fourth-order valence-electron chi connectivity index (χ4n) is 0.706. The Bertz CT molecular complexity index is 329. The Morgan fingerprint density at radius 3 is 2.91 bits per heavy atom. The van der Waals surface area contributed by atoms with Crippen molar-refractivity contribution in [2.45, 2.75) is 4.90 Å². The van der Waals surface area contributed by atoms with Crippen LogP contribution in [0.5, 0.6) is 0 Å². The zero-order valence-electron chi connectivity index (χ0n) is 5.94. The van der Waals surface area contributed by atoms with Crippen molar-refractivity contribution in [3.05, 3.63) is 24.0 Å². The lowest BCUT2D eigenvalue weighted by atomic mass is 10.4. The van der Waals surface area contributed by atoms with Crippen LogP contribution in [-0.4, -0.2) is 15.4 Å². The van der Waals surface area contributed by atoms with Crippen LogP contribution in [0.1, 0.15) is 5.69 Å². The minimum Gasteiger partial charge on any atom is -0.255 e. The second kappa shape index (κ2) is 3.26. The molecule has 1 aromatic rings. The van der Waals surface area contributed by atoms with Crippen LogP contribution in [0, 0.1) is 11.3 Å². The standard InChI is InChI=1S/C7H6N2OS/c1-11(10)7-3-2-4-9-6(7)5-8/h2-4H,1H3/t11-/m1/s1. The van der Waals surface area contributed by atoms with Crippen molar-refractivity contribution in [2.75, 3.05) is 6.26 Å². The molecule has 56 valence electrons. The average molecular weight is 166 g/mol. The first-order chi connectivity index (χ1) is 5.25. The Morgan fingerprint density at radius 1 is 1.73 bits per heavy atom. The first kappa shape index (κ1) is 7.89. The maximum atomic E-state index is 10.9. The molecule has 0 unspecified atom stereocenters. The van der Waals surface area contributed by atoms with Crippen molar-refractivity contribution < 1.29 is 4.21 Å². The molecule has 11 heavy (non-hydrogen) atoms. The summed E-state index contributed by atoms with van der Waals surface area (Å²) in [4.78, 5) is 4.26. The molecule has 0 aromatic carbocycles. The van der Waals surface area contributed by atoms with Gasteiger partial charge in [0.2, 0.25) is 0 Å². The molecule has 1 atom stereocenters. The van der Waals surface area contributed by atoms with Crippen molar-refractivity contribution in [3.63, 3.8) is 0 Å². The summed E-state index contributed by atoms with van der Waals surface area (Å²) in [5, 5.41) is 8.52. The van der Waals surface area contributed by atoms with Crippen LogP contribution >= 0.6 is 0 Å². The van der Waals surface area contributed by atoms with Gasteiger partial charge < -0.3 is 0 Å². The number of nitriles is 1. The van der Waals surface area contributed by atoms with Gasteiger partial charge in [0.15, 0.2) is 5.69 Å². The summed E-state index contributed by atoms with van der Waals surface area (Å²) in [5.74, 6) is 0. The quantitative estimate of drug-likeness (QED) is 0.616. The molecule has 0 bridgehead atoms. The Hall–Kier alpha value is -1.21. The van der Waals surface area contributed by atoms with E-state index in [1.165, 1.54) is 12.5 Å². The van der Waals surface area contributed by atoms with Gasteiger partial charge in [0.1, 0.15) is 6.07 Å². The third-order valence-electron chi connectivity index (χ3n) is 1.19. The minimum absolute atomic E-state index is 0.244. The lowest BCUT2D eigenvalue weighted by Gasteiger charge is -1.95. The average Bonchev–Trinajstić information content (AvgIpc) is 2.04. The van der Waals surface area contributed by atoms with Crippen molar-refractivity contribution in [1.82, 2.24) is 4.98 Å². The van der Waals surface area contributed by atoms with Gasteiger partial charge in [-0.25, -0.2) is 4.98 Å². The maximum absolute atomic E-state index is 10.9. The summed E-state index contributed by atoms with van der Waals surface area (Å²) < 4.78 is 10.9. The van der Waals surface area contributed by atoms with E-state index in [0.717, 1.165) is 0 Å². The zero-order chi connectivity index (χ0) is 8.27. The van der Waals surface area contributed by atoms with Crippen LogP contribution in [0.3, 0.4) is 0 Å². The summed E-state index contributed by atoms with van der Waals surface area (Å²) in [6.07, 6.45) is 3.03. The van der Waals surface area contributed by atoms with E-state index in [0.29, 0.717) is 4.90 Å². The van der Waals surface area contributed by atoms with Crippen LogP contribution in [0.2, 0.25) is 0 Å². The molecule has 0 saturated heterocycles. The molecule has 1 rings (SSSR count). The van der Waals surface area contributed by atoms with Crippen molar-refractivity contribution in [2.24, 2.45) is 0 Å². The second-order valence-corrected chi connectivity index (χ2v) is 3.26. The van der Waals surface area contributed by atoms with E-state index >= 15 is 0 Å². The largest absolute Gasteiger partial charge is 0.255 e. The maximum Gasteiger partial charge on any atom is 0.156 e. The van der Waals surface area contributed by atoms with Crippen molar-refractivity contribution in [3.8, 4) is 6.07 Å². The Balaban J connectivity index is 3.26. The van der Waals surface area contributed by atoms with Crippen LogP contribution in [0.15, 0.2) is 23.2 Å². The molecule has 0 fully saturated rings. The molecular formula is C7H6N2OS. The van der Waals surface area contributed by atoms with Gasteiger partial charge in [-0.15, -0.1) is 0 Å².